The monoisotopic (exact) mass is 329 g/mol. The fraction of sp³-hybridized carbons (Fsp3) is 0.588. The first-order valence-electron chi connectivity index (χ1n) is 7.67. The van der Waals surface area contributed by atoms with Crippen molar-refractivity contribution in [2.75, 3.05) is 13.7 Å². The van der Waals surface area contributed by atoms with E-state index in [1.165, 1.54) is 5.56 Å². The number of benzene rings is 1. The Hall–Kier alpha value is -1.72. The van der Waals surface area contributed by atoms with Gasteiger partial charge in [0, 0.05) is 6.54 Å². The second kappa shape index (κ2) is 6.42. The van der Waals surface area contributed by atoms with E-state index >= 15 is 0 Å². The fourth-order valence-electron chi connectivity index (χ4n) is 3.28. The summed E-state index contributed by atoms with van der Waals surface area (Å²) in [6.45, 7) is 4.24. The van der Waals surface area contributed by atoms with Crippen molar-refractivity contribution in [3.8, 4) is 5.75 Å². The lowest BCUT2D eigenvalue weighted by Gasteiger charge is -2.40. The molecule has 1 N–H and O–H groups in total. The number of fused-ring (bicyclic) bond motifs is 1. The van der Waals surface area contributed by atoms with E-state index in [4.69, 9.17) is 4.74 Å². The van der Waals surface area contributed by atoms with E-state index in [0.29, 0.717) is 6.42 Å². The van der Waals surface area contributed by atoms with Crippen molar-refractivity contribution in [3.05, 3.63) is 29.3 Å². The summed E-state index contributed by atoms with van der Waals surface area (Å²) in [5.41, 5.74) is 2.28. The van der Waals surface area contributed by atoms with Crippen LogP contribution in [0.15, 0.2) is 18.2 Å². The number of amides is 1. The van der Waals surface area contributed by atoms with Gasteiger partial charge in [0.25, 0.3) is 0 Å². The van der Waals surface area contributed by atoms with Gasteiger partial charge in [-0.2, -0.15) is 13.2 Å². The van der Waals surface area contributed by atoms with Crippen LogP contribution in [0.4, 0.5) is 13.2 Å². The lowest BCUT2D eigenvalue weighted by molar-refractivity contribution is -0.173. The number of aryl methyl sites for hydroxylation is 1. The Balaban J connectivity index is 2.15. The third-order valence-electron chi connectivity index (χ3n) is 4.69. The van der Waals surface area contributed by atoms with Gasteiger partial charge in [-0.1, -0.05) is 19.9 Å². The van der Waals surface area contributed by atoms with Crippen molar-refractivity contribution < 1.29 is 22.7 Å². The van der Waals surface area contributed by atoms with Gasteiger partial charge in [0.05, 0.1) is 7.11 Å². The number of hydrogen-bond acceptors (Lipinski definition) is 2. The van der Waals surface area contributed by atoms with Crippen LogP contribution in [0.5, 0.6) is 5.75 Å². The molecule has 3 nitrogen and oxygen atoms in total. The van der Waals surface area contributed by atoms with E-state index < -0.39 is 12.1 Å². The molecule has 1 aromatic carbocycles. The molecule has 0 spiro atoms. The number of halogens is 3. The van der Waals surface area contributed by atoms with E-state index in [9.17, 15) is 18.0 Å². The number of hydrogen-bond donors (Lipinski definition) is 1. The van der Waals surface area contributed by atoms with Gasteiger partial charge in [-0.25, -0.2) is 0 Å². The molecule has 0 heterocycles. The van der Waals surface area contributed by atoms with Crippen LogP contribution in [0.3, 0.4) is 0 Å². The highest BCUT2D eigenvalue weighted by Gasteiger charge is 2.39. The van der Waals surface area contributed by atoms with E-state index in [-0.39, 0.29) is 17.9 Å². The third kappa shape index (κ3) is 3.98. The Morgan fingerprint density at radius 2 is 2.09 bits per heavy atom. The Morgan fingerprint density at radius 1 is 1.39 bits per heavy atom. The predicted molar refractivity (Wildman–Crippen MR) is 81.5 cm³/mol. The van der Waals surface area contributed by atoms with Crippen LogP contribution in [0.2, 0.25) is 0 Å². The van der Waals surface area contributed by atoms with Crippen LogP contribution in [-0.4, -0.2) is 25.7 Å². The first-order chi connectivity index (χ1) is 10.6. The largest absolute Gasteiger partial charge is 0.497 e. The maximum absolute atomic E-state index is 12.3. The SMILES string of the molecule is COc1ccc2c(c1)C(CCNC(=O)C(F)(F)F)C(C)(C)CC2. The number of rotatable bonds is 4. The normalized spacial score (nSPS) is 19.8. The second-order valence-electron chi connectivity index (χ2n) is 6.65. The molecule has 1 unspecified atom stereocenters. The zero-order valence-corrected chi connectivity index (χ0v) is 13.6. The van der Waals surface area contributed by atoms with Gasteiger partial charge in [-0.15, -0.1) is 0 Å². The van der Waals surface area contributed by atoms with Crippen molar-refractivity contribution in [1.82, 2.24) is 5.32 Å². The highest BCUT2D eigenvalue weighted by atomic mass is 19.4. The van der Waals surface area contributed by atoms with Crippen LogP contribution in [0.1, 0.15) is 43.7 Å². The van der Waals surface area contributed by atoms with Gasteiger partial charge in [-0.05, 0) is 53.9 Å². The van der Waals surface area contributed by atoms with Crippen LogP contribution >= 0.6 is 0 Å². The molecule has 0 saturated heterocycles. The lowest BCUT2D eigenvalue weighted by atomic mass is 9.65. The molecule has 128 valence electrons. The Labute approximate surface area is 134 Å². The highest BCUT2D eigenvalue weighted by Crippen LogP contribution is 2.47. The number of carbonyl (C=O) groups excluding carboxylic acids is 1. The van der Waals surface area contributed by atoms with Crippen molar-refractivity contribution >= 4 is 5.91 Å². The van der Waals surface area contributed by atoms with Crippen molar-refractivity contribution in [3.63, 3.8) is 0 Å². The van der Waals surface area contributed by atoms with E-state index in [1.807, 2.05) is 23.5 Å². The van der Waals surface area contributed by atoms with Gasteiger partial charge >= 0.3 is 12.1 Å². The topological polar surface area (TPSA) is 38.3 Å². The zero-order valence-electron chi connectivity index (χ0n) is 13.6. The molecule has 0 aliphatic heterocycles. The molecule has 0 radical (unpaired) electrons. The average Bonchev–Trinajstić information content (AvgIpc) is 2.47. The molecule has 0 saturated carbocycles. The molecular formula is C17H22F3NO2. The summed E-state index contributed by atoms with van der Waals surface area (Å²) in [7, 11) is 1.59. The molecular weight excluding hydrogens is 307 g/mol. The van der Waals surface area contributed by atoms with Crippen molar-refractivity contribution in [2.24, 2.45) is 5.41 Å². The number of carbonyl (C=O) groups is 1. The van der Waals surface area contributed by atoms with Gasteiger partial charge < -0.3 is 10.1 Å². The fourth-order valence-corrected chi connectivity index (χ4v) is 3.28. The van der Waals surface area contributed by atoms with Crippen LogP contribution in [0, 0.1) is 5.41 Å². The highest BCUT2D eigenvalue weighted by molar-refractivity contribution is 5.81. The third-order valence-corrected chi connectivity index (χ3v) is 4.69. The van der Waals surface area contributed by atoms with Crippen LogP contribution < -0.4 is 10.1 Å². The van der Waals surface area contributed by atoms with Gasteiger partial charge in [0.2, 0.25) is 0 Å². The summed E-state index contributed by atoms with van der Waals surface area (Å²) in [5, 5.41) is 1.97. The van der Waals surface area contributed by atoms with E-state index in [2.05, 4.69) is 13.8 Å². The van der Waals surface area contributed by atoms with Crippen LogP contribution in [-0.2, 0) is 11.2 Å². The molecule has 0 bridgehead atoms. The maximum Gasteiger partial charge on any atom is 0.471 e. The standard InChI is InChI=1S/C17H22F3NO2/c1-16(2)8-6-11-4-5-12(23-3)10-13(11)14(16)7-9-21-15(22)17(18,19)20/h4-5,10,14H,6-9H2,1-3H3,(H,21,22). The lowest BCUT2D eigenvalue weighted by Crippen LogP contribution is -2.39. The molecule has 1 aromatic rings. The Morgan fingerprint density at radius 3 is 2.70 bits per heavy atom. The quantitative estimate of drug-likeness (QED) is 0.912. The maximum atomic E-state index is 12.3. The molecule has 2 rings (SSSR count). The summed E-state index contributed by atoms with van der Waals surface area (Å²) in [6, 6.07) is 5.89. The smallest absolute Gasteiger partial charge is 0.471 e. The molecule has 0 aromatic heterocycles. The summed E-state index contributed by atoms with van der Waals surface area (Å²) >= 11 is 0. The Bertz CT molecular complexity index is 582. The molecule has 6 heteroatoms. The first kappa shape index (κ1) is 17.6. The minimum Gasteiger partial charge on any atom is -0.497 e. The molecule has 1 aliphatic rings. The molecule has 1 amide bonds. The molecule has 23 heavy (non-hydrogen) atoms. The van der Waals surface area contributed by atoms with Gasteiger partial charge in [-0.3, -0.25) is 4.79 Å². The molecule has 0 fully saturated rings. The van der Waals surface area contributed by atoms with Gasteiger partial charge in [0.15, 0.2) is 0 Å². The van der Waals surface area contributed by atoms with Crippen molar-refractivity contribution in [1.29, 1.82) is 0 Å². The van der Waals surface area contributed by atoms with E-state index in [0.717, 1.165) is 24.2 Å². The van der Waals surface area contributed by atoms with E-state index in [1.54, 1.807) is 7.11 Å². The minimum atomic E-state index is -4.83. The number of methoxy groups -OCH3 is 1. The second-order valence-corrected chi connectivity index (χ2v) is 6.65. The number of nitrogens with one attached hydrogen (secondary N) is 1. The first-order valence-corrected chi connectivity index (χ1v) is 7.67. The van der Waals surface area contributed by atoms with Crippen molar-refractivity contribution in [2.45, 2.75) is 45.2 Å². The summed E-state index contributed by atoms with van der Waals surface area (Å²) in [5.74, 6) is -1.06. The molecule has 1 aliphatic carbocycles. The Kier molecular flexibility index (Phi) is 4.92. The number of alkyl halides is 3. The number of ether oxygens (including phenoxy) is 1. The molecule has 1 atom stereocenters. The minimum absolute atomic E-state index is 0.00307. The van der Waals surface area contributed by atoms with Gasteiger partial charge in [0.1, 0.15) is 5.75 Å². The summed E-state index contributed by atoms with van der Waals surface area (Å²) in [4.78, 5) is 11.0. The van der Waals surface area contributed by atoms with Crippen LogP contribution in [0.25, 0.3) is 0 Å². The predicted octanol–water partition coefficient (Wildman–Crippen LogP) is 3.82. The zero-order chi connectivity index (χ0) is 17.3. The average molecular weight is 329 g/mol. The summed E-state index contributed by atoms with van der Waals surface area (Å²) < 4.78 is 42.1. The summed E-state index contributed by atoms with van der Waals surface area (Å²) in [6.07, 6.45) is -2.46.